The molecular weight excluding hydrogens is 168 g/mol. The molecule has 0 saturated carbocycles. The van der Waals surface area contributed by atoms with Gasteiger partial charge in [-0.1, -0.05) is 5.57 Å². The fourth-order valence-corrected chi connectivity index (χ4v) is 0.747. The van der Waals surface area contributed by atoms with Crippen LogP contribution in [0.25, 0.3) is 0 Å². The Bertz CT molecular complexity index is 228. The zero-order valence-corrected chi connectivity index (χ0v) is 8.55. The number of carbonyl (C=O) groups is 1. The minimum Gasteiger partial charge on any atom is -0.449 e. The highest BCUT2D eigenvalue weighted by Crippen LogP contribution is 1.89. The van der Waals surface area contributed by atoms with Crippen molar-refractivity contribution in [2.75, 3.05) is 6.61 Å². The molecule has 4 heteroatoms. The maximum Gasteiger partial charge on any atom is 0.427 e. The molecule has 0 aliphatic heterocycles. The fraction of sp³-hybridized carbons (Fsp3) is 0.556. The van der Waals surface area contributed by atoms with Crippen LogP contribution in [0, 0.1) is 0 Å². The highest BCUT2D eigenvalue weighted by molar-refractivity contribution is 5.93. The average molecular weight is 184 g/mol. The average Bonchev–Trinajstić information content (AvgIpc) is 2.00. The smallest absolute Gasteiger partial charge is 0.427 e. The van der Waals surface area contributed by atoms with Crippen molar-refractivity contribution in [3.63, 3.8) is 0 Å². The molecule has 74 valence electrons. The van der Waals surface area contributed by atoms with Gasteiger partial charge < -0.3 is 4.74 Å². The minimum absolute atomic E-state index is 0.350. The van der Waals surface area contributed by atoms with E-state index in [4.69, 9.17) is 0 Å². The zero-order chi connectivity index (χ0) is 10.3. The Kier molecular flexibility index (Phi) is 5.59. The van der Waals surface area contributed by atoms with Gasteiger partial charge in [-0.3, -0.25) is 0 Å². The van der Waals surface area contributed by atoms with Gasteiger partial charge in [-0.2, -0.15) is 5.10 Å². The van der Waals surface area contributed by atoms with Crippen LogP contribution in [0.2, 0.25) is 0 Å². The van der Waals surface area contributed by atoms with Gasteiger partial charge in [-0.05, 0) is 33.8 Å². The van der Waals surface area contributed by atoms with Gasteiger partial charge in [-0.25, -0.2) is 10.2 Å². The third-order valence-electron chi connectivity index (χ3n) is 1.10. The van der Waals surface area contributed by atoms with E-state index in [1.807, 2.05) is 19.9 Å². The van der Waals surface area contributed by atoms with Gasteiger partial charge in [0.05, 0.1) is 12.3 Å². The second kappa shape index (κ2) is 6.22. The predicted octanol–water partition coefficient (Wildman–Crippen LogP) is 2.07. The van der Waals surface area contributed by atoms with Gasteiger partial charge in [0, 0.05) is 0 Å². The van der Waals surface area contributed by atoms with Gasteiger partial charge in [0.1, 0.15) is 0 Å². The molecule has 0 rings (SSSR count). The molecule has 0 aliphatic carbocycles. The Morgan fingerprint density at radius 1 is 1.46 bits per heavy atom. The van der Waals surface area contributed by atoms with E-state index in [9.17, 15) is 4.79 Å². The number of allylic oxidation sites excluding steroid dienone is 2. The lowest BCUT2D eigenvalue weighted by molar-refractivity contribution is 0.152. The first kappa shape index (κ1) is 11.7. The van der Waals surface area contributed by atoms with Crippen LogP contribution in [0.15, 0.2) is 16.8 Å². The van der Waals surface area contributed by atoms with E-state index < -0.39 is 6.09 Å². The standard InChI is InChI=1S/C9H16N2O2/c1-5-13-9(12)11-10-8(4)6-7(2)3/h6H,5H2,1-4H3,(H,11,12). The largest absolute Gasteiger partial charge is 0.449 e. The molecular formula is C9H16N2O2. The number of nitrogens with zero attached hydrogens (tertiary/aromatic N) is 1. The molecule has 0 fully saturated rings. The van der Waals surface area contributed by atoms with E-state index in [0.717, 1.165) is 11.3 Å². The summed E-state index contributed by atoms with van der Waals surface area (Å²) in [6, 6.07) is 0. The predicted molar refractivity (Wildman–Crippen MR) is 52.7 cm³/mol. The summed E-state index contributed by atoms with van der Waals surface area (Å²) in [5, 5.41) is 3.80. The van der Waals surface area contributed by atoms with E-state index in [2.05, 4.69) is 15.3 Å². The van der Waals surface area contributed by atoms with E-state index in [-0.39, 0.29) is 0 Å². The first-order chi connectivity index (χ1) is 6.06. The van der Waals surface area contributed by atoms with Crippen LogP contribution in [0.5, 0.6) is 0 Å². The van der Waals surface area contributed by atoms with Crippen molar-refractivity contribution < 1.29 is 9.53 Å². The number of ether oxygens (including phenoxy) is 1. The number of rotatable bonds is 3. The lowest BCUT2D eigenvalue weighted by Gasteiger charge is -1.99. The van der Waals surface area contributed by atoms with Crippen molar-refractivity contribution in [3.05, 3.63) is 11.6 Å². The molecule has 0 aromatic carbocycles. The molecule has 0 aromatic heterocycles. The van der Waals surface area contributed by atoms with Crippen LogP contribution in [0.3, 0.4) is 0 Å². The van der Waals surface area contributed by atoms with E-state index in [0.29, 0.717) is 6.61 Å². The summed E-state index contributed by atoms with van der Waals surface area (Å²) in [4.78, 5) is 10.8. The lowest BCUT2D eigenvalue weighted by Crippen LogP contribution is -2.19. The summed E-state index contributed by atoms with van der Waals surface area (Å²) in [7, 11) is 0. The quantitative estimate of drug-likeness (QED) is 0.539. The highest BCUT2D eigenvalue weighted by atomic mass is 16.5. The van der Waals surface area contributed by atoms with Gasteiger partial charge in [0.2, 0.25) is 0 Å². The SMILES string of the molecule is CCOC(=O)NN=C(C)C=C(C)C. The van der Waals surface area contributed by atoms with Gasteiger partial charge >= 0.3 is 6.09 Å². The first-order valence-electron chi connectivity index (χ1n) is 4.18. The molecule has 13 heavy (non-hydrogen) atoms. The Balaban J connectivity index is 3.97. The monoisotopic (exact) mass is 184 g/mol. The van der Waals surface area contributed by atoms with Gasteiger partial charge in [-0.15, -0.1) is 0 Å². The molecule has 0 spiro atoms. The zero-order valence-electron chi connectivity index (χ0n) is 8.55. The molecule has 0 radical (unpaired) electrons. The lowest BCUT2D eigenvalue weighted by atomic mass is 10.3. The number of amides is 1. The summed E-state index contributed by atoms with van der Waals surface area (Å²) in [5.74, 6) is 0. The van der Waals surface area contributed by atoms with Crippen molar-refractivity contribution in [2.45, 2.75) is 27.7 Å². The number of hydrogen-bond donors (Lipinski definition) is 1. The maximum absolute atomic E-state index is 10.8. The summed E-state index contributed by atoms with van der Waals surface area (Å²) in [6.45, 7) is 7.82. The third-order valence-corrected chi connectivity index (χ3v) is 1.10. The van der Waals surface area contributed by atoms with Crippen molar-refractivity contribution in [2.24, 2.45) is 5.10 Å². The molecule has 1 amide bonds. The van der Waals surface area contributed by atoms with Crippen molar-refractivity contribution in [1.82, 2.24) is 5.43 Å². The van der Waals surface area contributed by atoms with Crippen LogP contribution in [0.1, 0.15) is 27.7 Å². The number of hydrogen-bond acceptors (Lipinski definition) is 3. The molecule has 0 heterocycles. The summed E-state index contributed by atoms with van der Waals surface area (Å²) in [5.41, 5.74) is 4.15. The Labute approximate surface area is 78.7 Å². The topological polar surface area (TPSA) is 50.7 Å². The first-order valence-corrected chi connectivity index (χ1v) is 4.18. The van der Waals surface area contributed by atoms with E-state index in [1.165, 1.54) is 0 Å². The number of hydrazone groups is 1. The molecule has 1 N–H and O–H groups in total. The fourth-order valence-electron chi connectivity index (χ4n) is 0.747. The molecule has 4 nitrogen and oxygen atoms in total. The molecule has 0 aliphatic rings. The maximum atomic E-state index is 10.8. The highest BCUT2D eigenvalue weighted by Gasteiger charge is 1.95. The third kappa shape index (κ3) is 7.05. The second-order valence-electron chi connectivity index (χ2n) is 2.81. The van der Waals surface area contributed by atoms with Gasteiger partial charge in [0.15, 0.2) is 0 Å². The van der Waals surface area contributed by atoms with Crippen molar-refractivity contribution in [3.8, 4) is 0 Å². The molecule has 0 bridgehead atoms. The molecule has 0 saturated heterocycles. The van der Waals surface area contributed by atoms with Crippen LogP contribution >= 0.6 is 0 Å². The second-order valence-corrected chi connectivity index (χ2v) is 2.81. The summed E-state index contributed by atoms with van der Waals surface area (Å²) < 4.78 is 4.62. The minimum atomic E-state index is -0.524. The molecule has 0 unspecified atom stereocenters. The normalized spacial score (nSPS) is 10.6. The van der Waals surface area contributed by atoms with E-state index in [1.54, 1.807) is 13.8 Å². The Hall–Kier alpha value is -1.32. The molecule has 0 atom stereocenters. The number of carbonyl (C=O) groups excluding carboxylic acids is 1. The Morgan fingerprint density at radius 2 is 2.08 bits per heavy atom. The molecule has 0 aromatic rings. The number of nitrogens with one attached hydrogen (secondary N) is 1. The van der Waals surface area contributed by atoms with Crippen LogP contribution < -0.4 is 5.43 Å². The van der Waals surface area contributed by atoms with Crippen LogP contribution in [-0.4, -0.2) is 18.4 Å². The van der Waals surface area contributed by atoms with Crippen LogP contribution in [0.4, 0.5) is 4.79 Å². The van der Waals surface area contributed by atoms with Crippen molar-refractivity contribution in [1.29, 1.82) is 0 Å². The van der Waals surface area contributed by atoms with Gasteiger partial charge in [0.25, 0.3) is 0 Å². The van der Waals surface area contributed by atoms with E-state index >= 15 is 0 Å². The Morgan fingerprint density at radius 3 is 2.54 bits per heavy atom. The summed E-state index contributed by atoms with van der Waals surface area (Å²) >= 11 is 0. The van der Waals surface area contributed by atoms with Crippen LogP contribution in [-0.2, 0) is 4.74 Å². The van der Waals surface area contributed by atoms with Crippen molar-refractivity contribution >= 4 is 11.8 Å². The summed E-state index contributed by atoms with van der Waals surface area (Å²) in [6.07, 6.45) is 1.34.